The second-order valence-corrected chi connectivity index (χ2v) is 7.47. The summed E-state index contributed by atoms with van der Waals surface area (Å²) >= 11 is 0. The summed E-state index contributed by atoms with van der Waals surface area (Å²) < 4.78 is 2.16. The van der Waals surface area contributed by atoms with Crippen LogP contribution in [-0.2, 0) is 17.9 Å². The molecule has 140 valence electrons. The van der Waals surface area contributed by atoms with Crippen LogP contribution in [0.1, 0.15) is 30.9 Å². The van der Waals surface area contributed by atoms with E-state index in [-0.39, 0.29) is 11.8 Å². The molecular formula is C22H26N4O. The van der Waals surface area contributed by atoms with Gasteiger partial charge in [0.15, 0.2) is 0 Å². The number of carbonyl (C=O) groups excluding carboxylic acids is 1. The maximum atomic E-state index is 12.4. The smallest absolute Gasteiger partial charge is 0.223 e. The summed E-state index contributed by atoms with van der Waals surface area (Å²) in [5, 5.41) is 6.49. The van der Waals surface area contributed by atoms with Crippen LogP contribution in [-0.4, -0.2) is 28.0 Å². The van der Waals surface area contributed by atoms with Crippen LogP contribution in [0, 0.1) is 5.92 Å². The van der Waals surface area contributed by atoms with Crippen molar-refractivity contribution in [2.45, 2.75) is 38.9 Å². The van der Waals surface area contributed by atoms with Gasteiger partial charge in [-0.2, -0.15) is 0 Å². The predicted molar refractivity (Wildman–Crippen MR) is 107 cm³/mol. The van der Waals surface area contributed by atoms with Gasteiger partial charge in [-0.05, 0) is 49.6 Å². The number of benzene rings is 2. The van der Waals surface area contributed by atoms with E-state index in [1.165, 1.54) is 5.56 Å². The molecule has 1 aliphatic rings. The molecule has 0 aliphatic carbocycles. The van der Waals surface area contributed by atoms with E-state index in [1.54, 1.807) is 0 Å². The van der Waals surface area contributed by atoms with Gasteiger partial charge in [-0.15, -0.1) is 0 Å². The number of aromatic nitrogens is 2. The lowest BCUT2D eigenvalue weighted by molar-refractivity contribution is -0.126. The summed E-state index contributed by atoms with van der Waals surface area (Å²) in [5.74, 6) is 0.312. The van der Waals surface area contributed by atoms with E-state index in [1.807, 2.05) is 24.5 Å². The third-order valence-electron chi connectivity index (χ3n) is 5.36. The maximum absolute atomic E-state index is 12.4. The predicted octanol–water partition coefficient (Wildman–Crippen LogP) is 3.09. The van der Waals surface area contributed by atoms with Gasteiger partial charge in [-0.3, -0.25) is 4.79 Å². The van der Waals surface area contributed by atoms with Crippen molar-refractivity contribution in [2.24, 2.45) is 5.92 Å². The lowest BCUT2D eigenvalue weighted by Crippen LogP contribution is -2.42. The number of nitrogens with one attached hydrogen (secondary N) is 2. The normalized spacial score (nSPS) is 19.9. The van der Waals surface area contributed by atoms with Crippen molar-refractivity contribution in [3.63, 3.8) is 0 Å². The minimum Gasteiger partial charge on any atom is -0.352 e. The summed E-state index contributed by atoms with van der Waals surface area (Å²) in [5.41, 5.74) is 4.51. The third kappa shape index (κ3) is 4.19. The number of para-hydroxylation sites is 2. The lowest BCUT2D eigenvalue weighted by atomic mass is 9.92. The Hall–Kier alpha value is -2.66. The molecule has 1 saturated heterocycles. The number of fused-ring (bicyclic) bond motifs is 1. The summed E-state index contributed by atoms with van der Waals surface area (Å²) in [7, 11) is 0. The Morgan fingerprint density at radius 3 is 2.78 bits per heavy atom. The fraction of sp³-hybridized carbons (Fsp3) is 0.364. The molecule has 0 bridgehead atoms. The Labute approximate surface area is 159 Å². The zero-order valence-corrected chi connectivity index (χ0v) is 15.7. The van der Waals surface area contributed by atoms with E-state index in [0.717, 1.165) is 42.5 Å². The maximum Gasteiger partial charge on any atom is 0.223 e. The monoisotopic (exact) mass is 362 g/mol. The Kier molecular flexibility index (Phi) is 5.21. The first-order chi connectivity index (χ1) is 13.2. The minimum absolute atomic E-state index is 0.134. The standard InChI is InChI=1S/C22H26N4O/c1-16-12-19(10-11-23-16)22(27)24-13-17-6-8-18(9-7-17)14-26-15-25-20-4-2-3-5-21(20)26/h2-9,15-16,19,23H,10-14H2,1H3,(H,24,27)/t16-,19-/m0/s1. The molecule has 3 aromatic rings. The third-order valence-corrected chi connectivity index (χ3v) is 5.36. The van der Waals surface area contributed by atoms with Crippen molar-refractivity contribution < 1.29 is 4.79 Å². The highest BCUT2D eigenvalue weighted by Gasteiger charge is 2.24. The van der Waals surface area contributed by atoms with Gasteiger partial charge >= 0.3 is 0 Å². The largest absolute Gasteiger partial charge is 0.352 e. The number of rotatable bonds is 5. The Morgan fingerprint density at radius 2 is 1.96 bits per heavy atom. The summed E-state index contributed by atoms with van der Waals surface area (Å²) in [6.07, 6.45) is 3.73. The second-order valence-electron chi connectivity index (χ2n) is 7.47. The van der Waals surface area contributed by atoms with Gasteiger partial charge in [0.25, 0.3) is 0 Å². The molecule has 0 spiro atoms. The van der Waals surface area contributed by atoms with E-state index in [2.05, 4.69) is 57.4 Å². The molecule has 2 aromatic carbocycles. The molecule has 27 heavy (non-hydrogen) atoms. The van der Waals surface area contributed by atoms with E-state index in [0.29, 0.717) is 12.6 Å². The van der Waals surface area contributed by atoms with Crippen molar-refractivity contribution in [1.29, 1.82) is 0 Å². The van der Waals surface area contributed by atoms with E-state index in [9.17, 15) is 4.79 Å². The van der Waals surface area contributed by atoms with E-state index >= 15 is 0 Å². The first-order valence-corrected chi connectivity index (χ1v) is 9.68. The molecule has 2 N–H and O–H groups in total. The minimum atomic E-state index is 0.134. The van der Waals surface area contributed by atoms with Gasteiger partial charge in [0.05, 0.1) is 17.4 Å². The van der Waals surface area contributed by atoms with E-state index in [4.69, 9.17) is 0 Å². The van der Waals surface area contributed by atoms with Crippen molar-refractivity contribution in [3.8, 4) is 0 Å². The molecule has 4 rings (SSSR count). The molecule has 2 atom stereocenters. The van der Waals surface area contributed by atoms with E-state index < -0.39 is 0 Å². The van der Waals surface area contributed by atoms with Crippen LogP contribution in [0.25, 0.3) is 11.0 Å². The van der Waals surface area contributed by atoms with Gasteiger partial charge in [-0.1, -0.05) is 36.4 Å². The molecule has 1 amide bonds. The molecule has 5 nitrogen and oxygen atoms in total. The van der Waals surface area contributed by atoms with Crippen molar-refractivity contribution in [3.05, 3.63) is 66.0 Å². The molecule has 0 unspecified atom stereocenters. The van der Waals surface area contributed by atoms with Crippen LogP contribution in [0.5, 0.6) is 0 Å². The fourth-order valence-corrected chi connectivity index (χ4v) is 3.80. The topological polar surface area (TPSA) is 59.0 Å². The van der Waals surface area contributed by atoms with Crippen molar-refractivity contribution in [1.82, 2.24) is 20.2 Å². The molecule has 2 heterocycles. The zero-order chi connectivity index (χ0) is 18.6. The fourth-order valence-electron chi connectivity index (χ4n) is 3.80. The highest BCUT2D eigenvalue weighted by atomic mass is 16.1. The molecule has 0 radical (unpaired) electrons. The van der Waals surface area contributed by atoms with Crippen LogP contribution in [0.15, 0.2) is 54.9 Å². The molecule has 1 fully saturated rings. The number of amides is 1. The van der Waals surface area contributed by atoms with Crippen LogP contribution < -0.4 is 10.6 Å². The Bertz CT molecular complexity index is 915. The number of nitrogens with zero attached hydrogens (tertiary/aromatic N) is 2. The van der Waals surface area contributed by atoms with Crippen LogP contribution in [0.4, 0.5) is 0 Å². The Balaban J connectivity index is 1.34. The average molecular weight is 362 g/mol. The van der Waals surface area contributed by atoms with Gasteiger partial charge in [-0.25, -0.2) is 4.98 Å². The highest BCUT2D eigenvalue weighted by molar-refractivity contribution is 5.78. The molecular weight excluding hydrogens is 336 g/mol. The number of piperidine rings is 1. The van der Waals surface area contributed by atoms with Gasteiger partial charge in [0.1, 0.15) is 0 Å². The van der Waals surface area contributed by atoms with Crippen molar-refractivity contribution >= 4 is 16.9 Å². The molecule has 1 aromatic heterocycles. The van der Waals surface area contributed by atoms with Crippen LogP contribution >= 0.6 is 0 Å². The number of carbonyl (C=O) groups is 1. The van der Waals surface area contributed by atoms with Crippen LogP contribution in [0.2, 0.25) is 0 Å². The SMILES string of the molecule is C[C@H]1C[C@@H](C(=O)NCc2ccc(Cn3cnc4ccccc43)cc2)CCN1. The number of hydrogen-bond acceptors (Lipinski definition) is 3. The summed E-state index contributed by atoms with van der Waals surface area (Å²) in [4.78, 5) is 16.8. The number of hydrogen-bond donors (Lipinski definition) is 2. The van der Waals surface area contributed by atoms with Gasteiger partial charge < -0.3 is 15.2 Å². The van der Waals surface area contributed by atoms with Crippen LogP contribution in [0.3, 0.4) is 0 Å². The molecule has 0 saturated carbocycles. The summed E-state index contributed by atoms with van der Waals surface area (Å²) in [6.45, 7) is 4.45. The van der Waals surface area contributed by atoms with Gasteiger partial charge in [0.2, 0.25) is 5.91 Å². The lowest BCUT2D eigenvalue weighted by Gasteiger charge is -2.27. The zero-order valence-electron chi connectivity index (χ0n) is 15.7. The summed E-state index contributed by atoms with van der Waals surface area (Å²) in [6, 6.07) is 17.0. The van der Waals surface area contributed by atoms with Gasteiger partial charge in [0, 0.05) is 25.0 Å². The quantitative estimate of drug-likeness (QED) is 0.733. The first-order valence-electron chi connectivity index (χ1n) is 9.68. The molecule has 5 heteroatoms. The van der Waals surface area contributed by atoms with Crippen molar-refractivity contribution in [2.75, 3.05) is 6.54 Å². The first kappa shape index (κ1) is 17.7. The number of imidazole rings is 1. The average Bonchev–Trinajstić information content (AvgIpc) is 3.10. The molecule has 1 aliphatic heterocycles. The Morgan fingerprint density at radius 1 is 1.19 bits per heavy atom. The second kappa shape index (κ2) is 7.92. The highest BCUT2D eigenvalue weighted by Crippen LogP contribution is 2.17.